The van der Waals surface area contributed by atoms with E-state index in [-0.39, 0.29) is 7.43 Å². The van der Waals surface area contributed by atoms with Gasteiger partial charge in [0.05, 0.1) is 11.0 Å². The molecule has 0 atom stereocenters. The largest absolute Gasteiger partial charge is 0.269 e. The fourth-order valence-electron chi connectivity index (χ4n) is 1.35. The number of aromatic nitrogens is 2. The average Bonchev–Trinajstić information content (AvgIpc) is 2.15. The molecular weight excluding hydrogens is 198 g/mol. The van der Waals surface area contributed by atoms with Crippen molar-refractivity contribution >= 4 is 11.0 Å². The number of rotatable bonds is 0. The lowest BCUT2D eigenvalue weighted by Gasteiger charge is -2.03. The first-order chi connectivity index (χ1) is 6.59. The van der Waals surface area contributed by atoms with Crippen LogP contribution >= 0.6 is 0 Å². The Bertz CT molecular complexity index is 463. The molecule has 0 amide bonds. The third-order valence-electron chi connectivity index (χ3n) is 2.14. The van der Waals surface area contributed by atoms with Gasteiger partial charge in [-0.3, -0.25) is 0 Å². The zero-order chi connectivity index (χ0) is 10.3. The Kier molecular flexibility index (Phi) is 2.98. The van der Waals surface area contributed by atoms with Crippen molar-refractivity contribution in [1.82, 2.24) is 9.97 Å². The van der Waals surface area contributed by atoms with Gasteiger partial charge >= 0.3 is 0 Å². The third-order valence-corrected chi connectivity index (χ3v) is 2.14. The van der Waals surface area contributed by atoms with Gasteiger partial charge in [-0.2, -0.15) is 8.78 Å². The zero-order valence-corrected chi connectivity index (χ0v) is 7.81. The van der Waals surface area contributed by atoms with Gasteiger partial charge in [0, 0.05) is 0 Å². The Morgan fingerprint density at radius 1 is 0.867 bits per heavy atom. The number of halogens is 2. The van der Waals surface area contributed by atoms with Gasteiger partial charge in [0.25, 0.3) is 11.9 Å². The quantitative estimate of drug-likeness (QED) is 0.667. The topological polar surface area (TPSA) is 25.8 Å². The normalized spacial score (nSPS) is 10.1. The zero-order valence-electron chi connectivity index (χ0n) is 7.81. The standard InChI is InChI=1S/C10H8F2N2.CH4/c1-5-3-4-6(2)8-7(5)13-9(11)10(12)14-8;/h3-4H,1-2H3;1H4. The summed E-state index contributed by atoms with van der Waals surface area (Å²) in [5, 5.41) is 0. The molecule has 1 aromatic carbocycles. The molecule has 15 heavy (non-hydrogen) atoms. The van der Waals surface area contributed by atoms with Crippen molar-refractivity contribution in [2.75, 3.05) is 0 Å². The molecule has 0 saturated heterocycles. The molecular formula is C11H12F2N2. The summed E-state index contributed by atoms with van der Waals surface area (Å²) in [5.74, 6) is -2.29. The summed E-state index contributed by atoms with van der Waals surface area (Å²) < 4.78 is 25.6. The molecule has 0 aliphatic heterocycles. The van der Waals surface area contributed by atoms with E-state index in [2.05, 4.69) is 9.97 Å². The van der Waals surface area contributed by atoms with Crippen LogP contribution in [-0.2, 0) is 0 Å². The molecule has 0 aliphatic carbocycles. The maximum Gasteiger partial charge on any atom is 0.269 e. The van der Waals surface area contributed by atoms with E-state index in [0.717, 1.165) is 11.1 Å². The summed E-state index contributed by atoms with van der Waals surface area (Å²) in [5.41, 5.74) is 2.42. The maximum atomic E-state index is 12.8. The first-order valence-corrected chi connectivity index (χ1v) is 4.18. The number of benzene rings is 1. The summed E-state index contributed by atoms with van der Waals surface area (Å²) >= 11 is 0. The molecule has 0 N–H and O–H groups in total. The fraction of sp³-hybridized carbons (Fsp3) is 0.273. The molecule has 0 saturated carbocycles. The van der Waals surface area contributed by atoms with Gasteiger partial charge in [-0.1, -0.05) is 19.6 Å². The summed E-state index contributed by atoms with van der Waals surface area (Å²) in [6.45, 7) is 3.57. The van der Waals surface area contributed by atoms with Crippen LogP contribution in [0.15, 0.2) is 12.1 Å². The molecule has 2 rings (SSSR count). The highest BCUT2D eigenvalue weighted by molar-refractivity contribution is 5.80. The van der Waals surface area contributed by atoms with Crippen molar-refractivity contribution in [2.24, 2.45) is 0 Å². The van der Waals surface area contributed by atoms with E-state index in [9.17, 15) is 8.78 Å². The second-order valence-corrected chi connectivity index (χ2v) is 3.20. The van der Waals surface area contributed by atoms with Crippen molar-refractivity contribution in [3.63, 3.8) is 0 Å². The van der Waals surface area contributed by atoms with E-state index >= 15 is 0 Å². The monoisotopic (exact) mass is 210 g/mol. The minimum absolute atomic E-state index is 0. The van der Waals surface area contributed by atoms with Gasteiger partial charge in [-0.25, -0.2) is 9.97 Å². The molecule has 0 unspecified atom stereocenters. The predicted molar refractivity (Wildman–Crippen MR) is 55.7 cm³/mol. The molecule has 1 heterocycles. The number of aryl methyl sites for hydroxylation is 2. The minimum atomic E-state index is -1.15. The molecule has 0 fully saturated rings. The van der Waals surface area contributed by atoms with Crippen LogP contribution in [0.3, 0.4) is 0 Å². The van der Waals surface area contributed by atoms with Gasteiger partial charge < -0.3 is 0 Å². The smallest absolute Gasteiger partial charge is 0.214 e. The molecule has 4 heteroatoms. The first-order valence-electron chi connectivity index (χ1n) is 4.18. The highest BCUT2D eigenvalue weighted by Gasteiger charge is 2.10. The van der Waals surface area contributed by atoms with Crippen LogP contribution in [0, 0.1) is 25.7 Å². The van der Waals surface area contributed by atoms with Crippen molar-refractivity contribution < 1.29 is 8.78 Å². The lowest BCUT2D eigenvalue weighted by atomic mass is 10.1. The fourth-order valence-corrected chi connectivity index (χ4v) is 1.35. The second-order valence-electron chi connectivity index (χ2n) is 3.20. The van der Waals surface area contributed by atoms with E-state index in [1.807, 2.05) is 12.1 Å². The molecule has 80 valence electrons. The molecule has 0 spiro atoms. The van der Waals surface area contributed by atoms with E-state index < -0.39 is 11.9 Å². The van der Waals surface area contributed by atoms with Gasteiger partial charge in [0.1, 0.15) is 0 Å². The Labute approximate surface area is 87.0 Å². The van der Waals surface area contributed by atoms with Gasteiger partial charge in [0.15, 0.2) is 0 Å². The molecule has 0 radical (unpaired) electrons. The van der Waals surface area contributed by atoms with Crippen LogP contribution in [0.2, 0.25) is 0 Å². The Morgan fingerprint density at radius 2 is 1.20 bits per heavy atom. The molecule has 0 aliphatic rings. The summed E-state index contributed by atoms with van der Waals surface area (Å²) in [6, 6.07) is 3.62. The molecule has 1 aromatic heterocycles. The molecule has 0 bridgehead atoms. The SMILES string of the molecule is C.Cc1ccc(C)c2nc(F)c(F)nc12. The highest BCUT2D eigenvalue weighted by Crippen LogP contribution is 2.18. The predicted octanol–water partition coefficient (Wildman–Crippen LogP) is 3.16. The van der Waals surface area contributed by atoms with Crippen LogP contribution in [0.5, 0.6) is 0 Å². The van der Waals surface area contributed by atoms with Gasteiger partial charge in [0.2, 0.25) is 0 Å². The van der Waals surface area contributed by atoms with E-state index in [1.165, 1.54) is 0 Å². The van der Waals surface area contributed by atoms with E-state index in [1.54, 1.807) is 13.8 Å². The van der Waals surface area contributed by atoms with E-state index in [4.69, 9.17) is 0 Å². The van der Waals surface area contributed by atoms with Gasteiger partial charge in [-0.15, -0.1) is 0 Å². The van der Waals surface area contributed by atoms with Crippen molar-refractivity contribution in [3.8, 4) is 0 Å². The Morgan fingerprint density at radius 3 is 1.53 bits per heavy atom. The second kappa shape index (κ2) is 3.88. The molecule has 2 aromatic rings. The van der Waals surface area contributed by atoms with Gasteiger partial charge in [-0.05, 0) is 25.0 Å². The average molecular weight is 210 g/mol. The Hall–Kier alpha value is -1.58. The van der Waals surface area contributed by atoms with Crippen LogP contribution in [0.25, 0.3) is 11.0 Å². The summed E-state index contributed by atoms with van der Waals surface area (Å²) in [6.07, 6.45) is 0. The highest BCUT2D eigenvalue weighted by atomic mass is 19.2. The third kappa shape index (κ3) is 1.79. The number of hydrogen-bond acceptors (Lipinski definition) is 2. The minimum Gasteiger partial charge on any atom is -0.214 e. The summed E-state index contributed by atoms with van der Waals surface area (Å²) in [4.78, 5) is 7.06. The van der Waals surface area contributed by atoms with Crippen LogP contribution in [-0.4, -0.2) is 9.97 Å². The number of nitrogens with zero attached hydrogens (tertiary/aromatic N) is 2. The lowest BCUT2D eigenvalue weighted by molar-refractivity contribution is 0.459. The maximum absolute atomic E-state index is 12.8. The lowest BCUT2D eigenvalue weighted by Crippen LogP contribution is -1.98. The van der Waals surface area contributed by atoms with Crippen LogP contribution < -0.4 is 0 Å². The van der Waals surface area contributed by atoms with Crippen molar-refractivity contribution in [1.29, 1.82) is 0 Å². The number of fused-ring (bicyclic) bond motifs is 1. The van der Waals surface area contributed by atoms with Crippen molar-refractivity contribution in [3.05, 3.63) is 35.2 Å². The van der Waals surface area contributed by atoms with Crippen LogP contribution in [0.1, 0.15) is 18.6 Å². The summed E-state index contributed by atoms with van der Waals surface area (Å²) in [7, 11) is 0. The Balaban J connectivity index is 0.00000112. The number of hydrogen-bond donors (Lipinski definition) is 0. The first kappa shape index (κ1) is 11.5. The molecule has 2 nitrogen and oxygen atoms in total. The van der Waals surface area contributed by atoms with Crippen LogP contribution in [0.4, 0.5) is 8.78 Å². The van der Waals surface area contributed by atoms with Crippen molar-refractivity contribution in [2.45, 2.75) is 21.3 Å². The van der Waals surface area contributed by atoms with E-state index in [0.29, 0.717) is 11.0 Å².